The highest BCUT2D eigenvalue weighted by Crippen LogP contribution is 2.27. The van der Waals surface area contributed by atoms with Crippen molar-refractivity contribution in [1.29, 1.82) is 0 Å². The SMILES string of the molecule is CC1CCC(CNC(=O)C2CN(Cc3ccccc3)CCO2)CC1.Cc1nc(N(C)C)c2ccccc2n1. The van der Waals surface area contributed by atoms with Gasteiger partial charge in [0.05, 0.1) is 12.1 Å². The number of carbonyl (C=O) groups is 1. The van der Waals surface area contributed by atoms with Crippen molar-refractivity contribution in [2.75, 3.05) is 45.2 Å². The van der Waals surface area contributed by atoms with Gasteiger partial charge in [-0.3, -0.25) is 9.69 Å². The van der Waals surface area contributed by atoms with Crippen molar-refractivity contribution in [3.8, 4) is 0 Å². The van der Waals surface area contributed by atoms with Gasteiger partial charge in [-0.05, 0) is 49.3 Å². The van der Waals surface area contributed by atoms with Gasteiger partial charge in [-0.1, -0.05) is 62.2 Å². The first-order chi connectivity index (χ1) is 18.4. The van der Waals surface area contributed by atoms with E-state index in [9.17, 15) is 4.79 Å². The van der Waals surface area contributed by atoms with Crippen molar-refractivity contribution in [2.24, 2.45) is 11.8 Å². The fraction of sp³-hybridized carbons (Fsp3) is 0.516. The van der Waals surface area contributed by atoms with Gasteiger partial charge in [0.25, 0.3) is 0 Å². The zero-order chi connectivity index (χ0) is 26.9. The van der Waals surface area contributed by atoms with E-state index in [0.717, 1.165) is 48.1 Å². The highest BCUT2D eigenvalue weighted by molar-refractivity contribution is 5.89. The molecule has 2 heterocycles. The molecule has 1 N–H and O–H groups in total. The average molecular weight is 518 g/mol. The van der Waals surface area contributed by atoms with Gasteiger partial charge in [0.2, 0.25) is 5.91 Å². The number of morpholine rings is 1. The van der Waals surface area contributed by atoms with Gasteiger partial charge < -0.3 is 15.0 Å². The summed E-state index contributed by atoms with van der Waals surface area (Å²) < 4.78 is 5.71. The summed E-state index contributed by atoms with van der Waals surface area (Å²) in [5.74, 6) is 3.35. The first-order valence-electron chi connectivity index (χ1n) is 14.0. The van der Waals surface area contributed by atoms with Gasteiger partial charge in [0.15, 0.2) is 0 Å². The standard InChI is InChI=1S/C20H30N2O2.C11H13N3/c1-16-7-9-17(10-8-16)13-21-20(23)19-15-22(11-12-24-19)14-18-5-3-2-4-6-18;1-8-12-10-7-5-4-6-9(10)11(13-8)14(2)3/h2-6,16-17,19H,7-15H2,1H3,(H,21,23);4-7H,1-3H3. The van der Waals surface area contributed by atoms with Crippen molar-refractivity contribution >= 4 is 22.6 Å². The lowest BCUT2D eigenvalue weighted by atomic mass is 9.83. The third-order valence-electron chi connectivity index (χ3n) is 7.51. The number of nitrogens with zero attached hydrogens (tertiary/aromatic N) is 4. The maximum atomic E-state index is 12.4. The smallest absolute Gasteiger partial charge is 0.250 e. The van der Waals surface area contributed by atoms with E-state index in [0.29, 0.717) is 19.1 Å². The maximum Gasteiger partial charge on any atom is 0.250 e. The molecule has 1 aliphatic heterocycles. The van der Waals surface area contributed by atoms with Crippen LogP contribution in [0, 0.1) is 18.8 Å². The number of fused-ring (bicyclic) bond motifs is 1. The number of hydrogen-bond donors (Lipinski definition) is 1. The lowest BCUT2D eigenvalue weighted by Crippen LogP contribution is -2.50. The molecule has 1 saturated carbocycles. The van der Waals surface area contributed by atoms with E-state index in [2.05, 4.69) is 51.4 Å². The highest BCUT2D eigenvalue weighted by Gasteiger charge is 2.27. The van der Waals surface area contributed by atoms with Crippen molar-refractivity contribution in [1.82, 2.24) is 20.2 Å². The van der Waals surface area contributed by atoms with Crippen molar-refractivity contribution in [2.45, 2.75) is 52.2 Å². The molecular weight excluding hydrogens is 474 g/mol. The molecule has 0 spiro atoms. The Morgan fingerprint density at radius 2 is 1.74 bits per heavy atom. The molecule has 1 unspecified atom stereocenters. The lowest BCUT2D eigenvalue weighted by Gasteiger charge is -2.33. The number of nitrogens with one attached hydrogen (secondary N) is 1. The molecule has 3 aromatic rings. The maximum absolute atomic E-state index is 12.4. The van der Waals surface area contributed by atoms with Crippen LogP contribution < -0.4 is 10.2 Å². The summed E-state index contributed by atoms with van der Waals surface area (Å²) in [5.41, 5.74) is 2.29. The van der Waals surface area contributed by atoms with Crippen LogP contribution >= 0.6 is 0 Å². The Balaban J connectivity index is 0.000000204. The summed E-state index contributed by atoms with van der Waals surface area (Å²) in [6, 6.07) is 18.5. The molecule has 7 heteroatoms. The molecule has 0 radical (unpaired) electrons. The molecule has 38 heavy (non-hydrogen) atoms. The summed E-state index contributed by atoms with van der Waals surface area (Å²) in [7, 11) is 3.99. The second-order valence-electron chi connectivity index (χ2n) is 11.0. The minimum absolute atomic E-state index is 0.0615. The predicted molar refractivity (Wildman–Crippen MR) is 154 cm³/mol. The largest absolute Gasteiger partial charge is 0.366 e. The Hall–Kier alpha value is -3.03. The molecule has 7 nitrogen and oxygen atoms in total. The Bertz CT molecular complexity index is 1160. The number of carbonyl (C=O) groups excluding carboxylic acids is 1. The van der Waals surface area contributed by atoms with Gasteiger partial charge >= 0.3 is 0 Å². The molecule has 204 valence electrons. The normalized spacial score (nSPS) is 21.8. The van der Waals surface area contributed by atoms with Crippen molar-refractivity contribution in [3.05, 3.63) is 66.0 Å². The van der Waals surface area contributed by atoms with Crippen LogP contribution in [0.4, 0.5) is 5.82 Å². The Morgan fingerprint density at radius 3 is 2.47 bits per heavy atom. The summed E-state index contributed by atoms with van der Waals surface area (Å²) >= 11 is 0. The highest BCUT2D eigenvalue weighted by atomic mass is 16.5. The topological polar surface area (TPSA) is 70.6 Å². The zero-order valence-corrected chi connectivity index (χ0v) is 23.4. The molecule has 1 aliphatic carbocycles. The van der Waals surface area contributed by atoms with Gasteiger partial charge in [-0.15, -0.1) is 0 Å². The van der Waals surface area contributed by atoms with E-state index in [1.807, 2.05) is 56.3 Å². The van der Waals surface area contributed by atoms with Crippen LogP contribution in [0.25, 0.3) is 10.9 Å². The molecule has 1 saturated heterocycles. The Morgan fingerprint density at radius 1 is 1.03 bits per heavy atom. The van der Waals surface area contributed by atoms with E-state index in [1.54, 1.807) is 0 Å². The number of rotatable bonds is 6. The third-order valence-corrected chi connectivity index (χ3v) is 7.51. The minimum atomic E-state index is -0.329. The quantitative estimate of drug-likeness (QED) is 0.505. The molecule has 2 fully saturated rings. The van der Waals surface area contributed by atoms with Crippen LogP contribution in [0.15, 0.2) is 54.6 Å². The molecular formula is C31H43N5O2. The molecule has 0 bridgehead atoms. The summed E-state index contributed by atoms with van der Waals surface area (Å²) in [6.07, 6.45) is 4.75. The zero-order valence-electron chi connectivity index (χ0n) is 23.4. The number of para-hydroxylation sites is 1. The van der Waals surface area contributed by atoms with Crippen molar-refractivity contribution in [3.63, 3.8) is 0 Å². The van der Waals surface area contributed by atoms with E-state index < -0.39 is 0 Å². The second kappa shape index (κ2) is 13.7. The van der Waals surface area contributed by atoms with Crippen molar-refractivity contribution < 1.29 is 9.53 Å². The lowest BCUT2D eigenvalue weighted by molar-refractivity contribution is -0.139. The fourth-order valence-electron chi connectivity index (χ4n) is 5.25. The Kier molecular flexibility index (Phi) is 10.1. The molecule has 2 aliphatic rings. The van der Waals surface area contributed by atoms with Crippen LogP contribution in [0.2, 0.25) is 0 Å². The predicted octanol–water partition coefficient (Wildman–Crippen LogP) is 4.83. The van der Waals surface area contributed by atoms with Crippen LogP contribution in [-0.4, -0.2) is 67.2 Å². The van der Waals surface area contributed by atoms with E-state index in [-0.39, 0.29) is 12.0 Å². The number of aromatic nitrogens is 2. The van der Waals surface area contributed by atoms with Crippen LogP contribution in [0.1, 0.15) is 44.0 Å². The molecule has 2 aromatic carbocycles. The van der Waals surface area contributed by atoms with Gasteiger partial charge in [-0.25, -0.2) is 9.97 Å². The number of amides is 1. The van der Waals surface area contributed by atoms with Gasteiger partial charge in [0.1, 0.15) is 17.7 Å². The van der Waals surface area contributed by atoms with Gasteiger partial charge in [-0.2, -0.15) is 0 Å². The summed E-state index contributed by atoms with van der Waals surface area (Å²) in [4.78, 5) is 25.6. The third kappa shape index (κ3) is 7.98. The van der Waals surface area contributed by atoms with E-state index in [4.69, 9.17) is 4.74 Å². The average Bonchev–Trinajstić information content (AvgIpc) is 2.93. The van der Waals surface area contributed by atoms with E-state index in [1.165, 1.54) is 31.2 Å². The number of aryl methyl sites for hydroxylation is 1. The van der Waals surface area contributed by atoms with Crippen LogP contribution in [-0.2, 0) is 16.1 Å². The fourth-order valence-corrected chi connectivity index (χ4v) is 5.25. The number of anilines is 1. The summed E-state index contributed by atoms with van der Waals surface area (Å²) in [5, 5.41) is 4.23. The van der Waals surface area contributed by atoms with Gasteiger partial charge in [0, 0.05) is 45.7 Å². The molecule has 1 aromatic heterocycles. The van der Waals surface area contributed by atoms with Crippen LogP contribution in [0.3, 0.4) is 0 Å². The number of ether oxygens (including phenoxy) is 1. The number of hydrogen-bond acceptors (Lipinski definition) is 6. The van der Waals surface area contributed by atoms with E-state index >= 15 is 0 Å². The summed E-state index contributed by atoms with van der Waals surface area (Å²) in [6.45, 7) is 8.14. The monoisotopic (exact) mass is 517 g/mol. The number of benzene rings is 2. The minimum Gasteiger partial charge on any atom is -0.366 e. The molecule has 1 amide bonds. The second-order valence-corrected chi connectivity index (χ2v) is 11.0. The first kappa shape index (κ1) is 28.0. The first-order valence-corrected chi connectivity index (χ1v) is 14.0. The molecule has 5 rings (SSSR count). The van der Waals surface area contributed by atoms with Crippen LogP contribution in [0.5, 0.6) is 0 Å². The molecule has 1 atom stereocenters. The Labute approximate surface area is 227 Å².